The molecule has 15 aromatic carbocycles. The normalized spacial score (nSPS) is 12.8. The molecule has 6 nitrogen and oxygen atoms in total. The molecule has 4 aliphatic heterocycles. The number of hydrogen-bond acceptors (Lipinski definition) is 7. The summed E-state index contributed by atoms with van der Waals surface area (Å²) >= 11 is 1.87. The Balaban J connectivity index is 0.909. The molecule has 16 aromatic rings. The molecule has 0 fully saturated rings. The third-order valence-corrected chi connectivity index (χ3v) is 21.5. The van der Waals surface area contributed by atoms with Crippen LogP contribution in [0, 0.1) is 0 Å². The number of nitrogens with zero attached hydrogens (tertiary/aromatic N) is 5. The monoisotopic (exact) mass is 1280 g/mol. The van der Waals surface area contributed by atoms with Crippen LogP contribution in [0.15, 0.2) is 358 Å². The Morgan fingerprint density at radius 3 is 1.25 bits per heavy atom. The third kappa shape index (κ3) is 9.12. The van der Waals surface area contributed by atoms with E-state index in [1.165, 1.54) is 42.0 Å². The maximum absolute atomic E-state index is 7.98. The molecule has 99 heavy (non-hydrogen) atoms. The zero-order valence-corrected chi connectivity index (χ0v) is 54.6. The second-order valence-corrected chi connectivity index (χ2v) is 27.0. The quantitative estimate of drug-likeness (QED) is 0.120. The van der Waals surface area contributed by atoms with Crippen molar-refractivity contribution >= 4 is 163 Å². The van der Waals surface area contributed by atoms with Gasteiger partial charge >= 0.3 is 0 Å². The number of hydrogen-bond donors (Lipinski definition) is 0. The van der Waals surface area contributed by atoms with Crippen molar-refractivity contribution in [1.82, 2.24) is 0 Å². The highest BCUT2D eigenvalue weighted by molar-refractivity contribution is 7.26. The van der Waals surface area contributed by atoms with Crippen LogP contribution in [-0.2, 0) is 0 Å². The lowest BCUT2D eigenvalue weighted by Gasteiger charge is -2.46. The molecule has 0 unspecified atom stereocenters. The number of ether oxygens (including phenoxy) is 1. The van der Waals surface area contributed by atoms with Crippen molar-refractivity contribution in [2.75, 3.05) is 24.5 Å². The molecular formula is C90H59B2N5OS. The van der Waals surface area contributed by atoms with Gasteiger partial charge in [0.15, 0.2) is 0 Å². The fourth-order valence-electron chi connectivity index (χ4n) is 16.3. The molecule has 0 radical (unpaired) electrons. The Hall–Kier alpha value is -12.6. The standard InChI is InChI=1S/C90H59B2N5OS/c1-8-30-60(31-9-1)69-44-22-26-48-77(69)96-79-50-28-25-47-73(79)91-76-57-75-80(58-85(76)98-86-55-68(54-84(96)90(86)91)94(64-38-16-5-17-39-64)65-40-18-6-19-41-65)97(78-49-27-23-45-70(78)61-32-10-2-11-33-61)83-53-67(93(62-34-12-3-13-35-62)63-36-14-4-15-37-63)52-82-89(83)92(75)74-56-72-71-46-24-29-51-87(71)99-88(72)59-81(74)95(82)66-42-20-7-21-43-66/h1-59H. The van der Waals surface area contributed by atoms with Gasteiger partial charge in [-0.2, -0.15) is 0 Å². The van der Waals surface area contributed by atoms with E-state index in [9.17, 15) is 0 Å². The Morgan fingerprint density at radius 1 is 0.253 bits per heavy atom. The maximum Gasteiger partial charge on any atom is 0.256 e. The van der Waals surface area contributed by atoms with Gasteiger partial charge in [0, 0.05) is 101 Å². The minimum Gasteiger partial charge on any atom is -0.458 e. The topological polar surface area (TPSA) is 25.4 Å². The second kappa shape index (κ2) is 23.1. The zero-order chi connectivity index (χ0) is 65.1. The van der Waals surface area contributed by atoms with Crippen molar-refractivity contribution in [3.63, 3.8) is 0 Å². The second-order valence-electron chi connectivity index (χ2n) is 25.9. The van der Waals surface area contributed by atoms with E-state index in [4.69, 9.17) is 4.74 Å². The SMILES string of the molecule is c1ccc(-c2ccccc2N2c3ccccc3B3c4cc5c(cc4Oc4cc(N(c6ccccc6)c6ccccc6)cc2c43)N(c2ccccc2-c2ccccc2)c2cc(N(c3ccccc3)c3ccccc3)cc3c2B5c2cc4c(cc2N3c2ccccc2)sc2ccccc24)cc1. The molecule has 0 atom stereocenters. The minimum atomic E-state index is -0.258. The van der Waals surface area contributed by atoms with Crippen LogP contribution in [0.2, 0.25) is 0 Å². The largest absolute Gasteiger partial charge is 0.458 e. The molecule has 0 amide bonds. The first kappa shape index (κ1) is 56.8. The number of thiophene rings is 1. The molecule has 0 bridgehead atoms. The lowest BCUT2D eigenvalue weighted by Crippen LogP contribution is -2.64. The van der Waals surface area contributed by atoms with Crippen LogP contribution >= 0.6 is 11.3 Å². The number of benzene rings is 15. The van der Waals surface area contributed by atoms with Gasteiger partial charge in [0.25, 0.3) is 13.4 Å². The summed E-state index contributed by atoms with van der Waals surface area (Å²) in [6.45, 7) is -0.506. The molecule has 0 N–H and O–H groups in total. The number of rotatable bonds is 11. The van der Waals surface area contributed by atoms with E-state index in [1.807, 2.05) is 11.3 Å². The van der Waals surface area contributed by atoms with Crippen LogP contribution in [0.4, 0.5) is 85.3 Å². The van der Waals surface area contributed by atoms with Gasteiger partial charge in [0.1, 0.15) is 11.5 Å². The highest BCUT2D eigenvalue weighted by atomic mass is 32.1. The highest BCUT2D eigenvalue weighted by Crippen LogP contribution is 2.53. The van der Waals surface area contributed by atoms with Crippen molar-refractivity contribution in [3.8, 4) is 33.8 Å². The Bertz CT molecular complexity index is 5750. The first-order chi connectivity index (χ1) is 49.1. The van der Waals surface area contributed by atoms with E-state index in [-0.39, 0.29) is 13.4 Å². The predicted octanol–water partition coefficient (Wildman–Crippen LogP) is 20.8. The Kier molecular flexibility index (Phi) is 13.2. The summed E-state index contributed by atoms with van der Waals surface area (Å²) in [6.07, 6.45) is 0. The van der Waals surface area contributed by atoms with Crippen molar-refractivity contribution in [2.24, 2.45) is 0 Å². The minimum absolute atomic E-state index is 0.248. The first-order valence-corrected chi connectivity index (χ1v) is 34.8. The van der Waals surface area contributed by atoms with Gasteiger partial charge in [-0.1, -0.05) is 237 Å². The van der Waals surface area contributed by atoms with Crippen LogP contribution in [0.3, 0.4) is 0 Å². The molecule has 0 spiro atoms. The summed E-state index contributed by atoms with van der Waals surface area (Å²) in [7, 11) is 0. The summed E-state index contributed by atoms with van der Waals surface area (Å²) in [6, 6.07) is 132. The van der Waals surface area contributed by atoms with E-state index < -0.39 is 0 Å². The maximum atomic E-state index is 7.98. The van der Waals surface area contributed by atoms with Crippen LogP contribution in [0.5, 0.6) is 11.5 Å². The average molecular weight is 1280 g/mol. The molecule has 0 saturated carbocycles. The zero-order valence-electron chi connectivity index (χ0n) is 53.8. The van der Waals surface area contributed by atoms with Crippen LogP contribution in [0.25, 0.3) is 42.4 Å². The molecule has 0 saturated heterocycles. The lowest BCUT2D eigenvalue weighted by molar-refractivity contribution is 0.488. The highest BCUT2D eigenvalue weighted by Gasteiger charge is 2.49. The number of fused-ring (bicyclic) bond motifs is 11. The van der Waals surface area contributed by atoms with E-state index in [1.54, 1.807) is 0 Å². The van der Waals surface area contributed by atoms with Crippen LogP contribution in [-0.4, -0.2) is 13.4 Å². The van der Waals surface area contributed by atoms with E-state index >= 15 is 0 Å². The molecule has 9 heteroatoms. The Morgan fingerprint density at radius 2 is 0.677 bits per heavy atom. The van der Waals surface area contributed by atoms with Crippen molar-refractivity contribution in [1.29, 1.82) is 0 Å². The lowest BCUT2D eigenvalue weighted by atomic mass is 9.30. The molecule has 4 aliphatic rings. The molecule has 1 aromatic heterocycles. The molecule has 0 aliphatic carbocycles. The van der Waals surface area contributed by atoms with Gasteiger partial charge in [-0.3, -0.25) is 0 Å². The van der Waals surface area contributed by atoms with E-state index in [0.717, 1.165) is 130 Å². The van der Waals surface area contributed by atoms with Gasteiger partial charge in [-0.15, -0.1) is 11.3 Å². The fraction of sp³-hybridized carbons (Fsp3) is 0. The average Bonchev–Trinajstić information content (AvgIpc) is 1.19. The van der Waals surface area contributed by atoms with E-state index in [2.05, 4.69) is 382 Å². The van der Waals surface area contributed by atoms with Crippen LogP contribution in [0.1, 0.15) is 0 Å². The van der Waals surface area contributed by atoms with Crippen molar-refractivity contribution in [3.05, 3.63) is 358 Å². The summed E-state index contributed by atoms with van der Waals surface area (Å²) in [5, 5.41) is 2.52. The van der Waals surface area contributed by atoms with Crippen molar-refractivity contribution in [2.45, 2.75) is 0 Å². The van der Waals surface area contributed by atoms with Gasteiger partial charge in [-0.25, -0.2) is 0 Å². The summed E-state index contributed by atoms with van der Waals surface area (Å²) in [5.41, 5.74) is 27.6. The molecule has 5 heterocycles. The van der Waals surface area contributed by atoms with Gasteiger partial charge < -0.3 is 29.2 Å². The molecule has 20 rings (SSSR count). The molecular weight excluding hydrogens is 1220 g/mol. The number of anilines is 15. The van der Waals surface area contributed by atoms with Crippen molar-refractivity contribution < 1.29 is 4.74 Å². The summed E-state index contributed by atoms with van der Waals surface area (Å²) in [4.78, 5) is 12.5. The van der Waals surface area contributed by atoms with Gasteiger partial charge in [0.05, 0.1) is 22.7 Å². The van der Waals surface area contributed by atoms with Gasteiger partial charge in [-0.05, 0) is 158 Å². The fourth-order valence-corrected chi connectivity index (χ4v) is 17.4. The predicted molar refractivity (Wildman–Crippen MR) is 419 cm³/mol. The van der Waals surface area contributed by atoms with Crippen LogP contribution < -0.4 is 62.0 Å². The summed E-state index contributed by atoms with van der Waals surface area (Å²) < 4.78 is 10.5. The Labute approximate surface area is 580 Å². The van der Waals surface area contributed by atoms with E-state index in [0.29, 0.717) is 0 Å². The third-order valence-electron chi connectivity index (χ3n) is 20.4. The summed E-state index contributed by atoms with van der Waals surface area (Å²) in [5.74, 6) is 1.62. The smallest absolute Gasteiger partial charge is 0.256 e. The molecule has 462 valence electrons. The number of para-hydroxylation sites is 8. The van der Waals surface area contributed by atoms with Gasteiger partial charge in [0.2, 0.25) is 0 Å². The first-order valence-electron chi connectivity index (χ1n) is 34.0.